The van der Waals surface area contributed by atoms with E-state index in [1.807, 2.05) is 24.5 Å². The summed E-state index contributed by atoms with van der Waals surface area (Å²) in [5, 5.41) is 4.27. The molecule has 0 bridgehead atoms. The molecule has 1 N–H and O–H groups in total. The number of hydrogen-bond donors (Lipinski definition) is 1. The Kier molecular flexibility index (Phi) is 5.08. The zero-order valence-corrected chi connectivity index (χ0v) is 13.7. The van der Waals surface area contributed by atoms with E-state index in [1.54, 1.807) is 0 Å². The van der Waals surface area contributed by atoms with Crippen molar-refractivity contribution < 1.29 is 0 Å². The van der Waals surface area contributed by atoms with Crippen molar-refractivity contribution in [2.24, 2.45) is 0 Å². The standard InChI is InChI=1S/C18H22ClN3/c1-14-13-21-9-7-17(14)18(15-3-5-16(19)6-4-15)22-11-2-8-20-10-12-22/h3-7,9,13,18,20H,2,8,10-12H2,1H3. The number of hydrogen-bond acceptors (Lipinski definition) is 3. The number of benzene rings is 1. The molecule has 2 aromatic rings. The van der Waals surface area contributed by atoms with Crippen LogP contribution in [0.25, 0.3) is 0 Å². The van der Waals surface area contributed by atoms with E-state index >= 15 is 0 Å². The van der Waals surface area contributed by atoms with Gasteiger partial charge in [-0.3, -0.25) is 9.88 Å². The molecule has 3 rings (SSSR count). The number of aromatic nitrogens is 1. The molecule has 22 heavy (non-hydrogen) atoms. The van der Waals surface area contributed by atoms with Crippen molar-refractivity contribution in [2.75, 3.05) is 26.2 Å². The molecule has 0 aliphatic carbocycles. The first-order valence-electron chi connectivity index (χ1n) is 7.86. The van der Waals surface area contributed by atoms with E-state index in [4.69, 9.17) is 11.6 Å². The highest BCUT2D eigenvalue weighted by Crippen LogP contribution is 2.31. The minimum absolute atomic E-state index is 0.264. The highest BCUT2D eigenvalue weighted by Gasteiger charge is 2.24. The summed E-state index contributed by atoms with van der Waals surface area (Å²) < 4.78 is 0. The summed E-state index contributed by atoms with van der Waals surface area (Å²) in [7, 11) is 0. The quantitative estimate of drug-likeness (QED) is 0.940. The van der Waals surface area contributed by atoms with Crippen LogP contribution in [0.3, 0.4) is 0 Å². The van der Waals surface area contributed by atoms with Gasteiger partial charge in [0.05, 0.1) is 6.04 Å². The van der Waals surface area contributed by atoms with Crippen LogP contribution in [0.15, 0.2) is 42.7 Å². The summed E-state index contributed by atoms with van der Waals surface area (Å²) in [4.78, 5) is 6.81. The van der Waals surface area contributed by atoms with Gasteiger partial charge in [0, 0.05) is 37.1 Å². The van der Waals surface area contributed by atoms with Crippen molar-refractivity contribution in [1.82, 2.24) is 15.2 Å². The van der Waals surface area contributed by atoms with Gasteiger partial charge in [0.15, 0.2) is 0 Å². The van der Waals surface area contributed by atoms with Crippen molar-refractivity contribution in [1.29, 1.82) is 0 Å². The number of rotatable bonds is 3. The molecule has 1 atom stereocenters. The van der Waals surface area contributed by atoms with Crippen LogP contribution in [0.1, 0.15) is 29.2 Å². The second-order valence-electron chi connectivity index (χ2n) is 5.83. The van der Waals surface area contributed by atoms with Crippen molar-refractivity contribution >= 4 is 11.6 Å². The minimum atomic E-state index is 0.264. The summed E-state index contributed by atoms with van der Waals surface area (Å²) in [6.45, 7) is 6.42. The van der Waals surface area contributed by atoms with Crippen molar-refractivity contribution in [2.45, 2.75) is 19.4 Å². The van der Waals surface area contributed by atoms with Crippen molar-refractivity contribution in [3.05, 3.63) is 64.4 Å². The number of aryl methyl sites for hydroxylation is 1. The summed E-state index contributed by atoms with van der Waals surface area (Å²) >= 11 is 6.07. The van der Waals surface area contributed by atoms with Crippen LogP contribution in [0, 0.1) is 6.92 Å². The first-order chi connectivity index (χ1) is 10.8. The van der Waals surface area contributed by atoms with E-state index in [2.05, 4.69) is 40.3 Å². The topological polar surface area (TPSA) is 28.2 Å². The van der Waals surface area contributed by atoms with Gasteiger partial charge in [0.2, 0.25) is 0 Å². The fraction of sp³-hybridized carbons (Fsp3) is 0.389. The number of halogens is 1. The van der Waals surface area contributed by atoms with Gasteiger partial charge in [0.25, 0.3) is 0 Å². The first-order valence-corrected chi connectivity index (χ1v) is 8.24. The molecule has 0 radical (unpaired) electrons. The molecular formula is C18H22ClN3. The van der Waals surface area contributed by atoms with Gasteiger partial charge < -0.3 is 5.32 Å². The summed E-state index contributed by atoms with van der Waals surface area (Å²) in [6.07, 6.45) is 5.02. The normalized spacial score (nSPS) is 17.9. The van der Waals surface area contributed by atoms with Crippen LogP contribution in [0.2, 0.25) is 5.02 Å². The first kappa shape index (κ1) is 15.5. The van der Waals surface area contributed by atoms with Crippen molar-refractivity contribution in [3.8, 4) is 0 Å². The molecule has 1 aliphatic rings. The van der Waals surface area contributed by atoms with Gasteiger partial charge in [-0.25, -0.2) is 0 Å². The molecule has 2 heterocycles. The lowest BCUT2D eigenvalue weighted by Crippen LogP contribution is -2.33. The van der Waals surface area contributed by atoms with Gasteiger partial charge in [-0.05, 0) is 54.8 Å². The van der Waals surface area contributed by atoms with Crippen molar-refractivity contribution in [3.63, 3.8) is 0 Å². The Bertz CT molecular complexity index is 604. The monoisotopic (exact) mass is 315 g/mol. The van der Waals surface area contributed by atoms with Crippen LogP contribution in [0.4, 0.5) is 0 Å². The molecular weight excluding hydrogens is 294 g/mol. The zero-order chi connectivity index (χ0) is 15.4. The molecule has 1 fully saturated rings. The Morgan fingerprint density at radius 3 is 2.73 bits per heavy atom. The fourth-order valence-corrected chi connectivity index (χ4v) is 3.27. The SMILES string of the molecule is Cc1cnccc1C(c1ccc(Cl)cc1)N1CCCNCC1. The van der Waals surface area contributed by atoms with E-state index in [0.717, 1.165) is 31.2 Å². The molecule has 0 spiro atoms. The minimum Gasteiger partial charge on any atom is -0.315 e. The molecule has 1 aromatic heterocycles. The highest BCUT2D eigenvalue weighted by molar-refractivity contribution is 6.30. The lowest BCUT2D eigenvalue weighted by atomic mass is 9.94. The Balaban J connectivity index is 2.01. The third-order valence-corrected chi connectivity index (χ3v) is 4.54. The fourth-order valence-electron chi connectivity index (χ4n) is 3.15. The van der Waals surface area contributed by atoms with E-state index in [1.165, 1.54) is 23.1 Å². The van der Waals surface area contributed by atoms with Crippen LogP contribution in [0.5, 0.6) is 0 Å². The van der Waals surface area contributed by atoms with Crippen LogP contribution >= 0.6 is 11.6 Å². The van der Waals surface area contributed by atoms with Crippen LogP contribution < -0.4 is 5.32 Å². The highest BCUT2D eigenvalue weighted by atomic mass is 35.5. The molecule has 3 nitrogen and oxygen atoms in total. The predicted octanol–water partition coefficient (Wildman–Crippen LogP) is 3.43. The maximum absolute atomic E-state index is 6.07. The second kappa shape index (κ2) is 7.23. The number of pyridine rings is 1. The third kappa shape index (κ3) is 3.49. The molecule has 1 aromatic carbocycles. The molecule has 0 saturated carbocycles. The van der Waals surface area contributed by atoms with Gasteiger partial charge in [-0.15, -0.1) is 0 Å². The second-order valence-corrected chi connectivity index (χ2v) is 6.26. The summed E-state index contributed by atoms with van der Waals surface area (Å²) in [5.41, 5.74) is 3.86. The van der Waals surface area contributed by atoms with Gasteiger partial charge in [-0.2, -0.15) is 0 Å². The lowest BCUT2D eigenvalue weighted by Gasteiger charge is -2.32. The van der Waals surface area contributed by atoms with Crippen LogP contribution in [-0.2, 0) is 0 Å². The average Bonchev–Trinajstić information content (AvgIpc) is 2.80. The maximum Gasteiger partial charge on any atom is 0.0605 e. The molecule has 0 amide bonds. The van der Waals surface area contributed by atoms with Gasteiger partial charge >= 0.3 is 0 Å². The van der Waals surface area contributed by atoms with E-state index in [-0.39, 0.29) is 6.04 Å². The molecule has 1 aliphatic heterocycles. The maximum atomic E-state index is 6.07. The van der Waals surface area contributed by atoms with Gasteiger partial charge in [0.1, 0.15) is 0 Å². The third-order valence-electron chi connectivity index (χ3n) is 4.28. The van der Waals surface area contributed by atoms with Gasteiger partial charge in [-0.1, -0.05) is 23.7 Å². The Morgan fingerprint density at radius 1 is 1.14 bits per heavy atom. The lowest BCUT2D eigenvalue weighted by molar-refractivity contribution is 0.240. The van der Waals surface area contributed by atoms with E-state index in [0.29, 0.717) is 0 Å². The predicted molar refractivity (Wildman–Crippen MR) is 91.3 cm³/mol. The number of nitrogens with one attached hydrogen (secondary N) is 1. The number of nitrogens with zero attached hydrogens (tertiary/aromatic N) is 2. The summed E-state index contributed by atoms with van der Waals surface area (Å²) in [6, 6.07) is 10.7. The van der Waals surface area contributed by atoms with E-state index < -0.39 is 0 Å². The molecule has 116 valence electrons. The smallest absolute Gasteiger partial charge is 0.0605 e. The zero-order valence-electron chi connectivity index (χ0n) is 12.9. The van der Waals surface area contributed by atoms with E-state index in [9.17, 15) is 0 Å². The Labute approximate surface area is 137 Å². The average molecular weight is 316 g/mol. The Hall–Kier alpha value is -1.42. The molecule has 1 saturated heterocycles. The molecule has 1 unspecified atom stereocenters. The Morgan fingerprint density at radius 2 is 1.95 bits per heavy atom. The van der Waals surface area contributed by atoms with Crippen LogP contribution in [-0.4, -0.2) is 36.1 Å². The summed E-state index contributed by atoms with van der Waals surface area (Å²) in [5.74, 6) is 0. The largest absolute Gasteiger partial charge is 0.315 e. The molecule has 4 heteroatoms.